The molecule has 0 spiro atoms. The van der Waals surface area contributed by atoms with E-state index in [1.165, 1.54) is 12.0 Å². The first kappa shape index (κ1) is 26.2. The summed E-state index contributed by atoms with van der Waals surface area (Å²) in [7, 11) is 3.08. The molecular formula is C28H30N2O6S. The van der Waals surface area contributed by atoms with Crippen molar-refractivity contribution in [2.75, 3.05) is 32.8 Å². The molecule has 8 nitrogen and oxygen atoms in total. The maximum absolute atomic E-state index is 12.7. The van der Waals surface area contributed by atoms with E-state index in [2.05, 4.69) is 10.3 Å². The number of amides is 1. The number of hydrogen-bond donors (Lipinski definition) is 1. The highest BCUT2D eigenvalue weighted by molar-refractivity contribution is 7.16. The Morgan fingerprint density at radius 1 is 1.03 bits per heavy atom. The number of carbonyl (C=O) groups excluding carboxylic acids is 2. The fraction of sp³-hybridized carbons (Fsp3) is 0.321. The second-order valence-electron chi connectivity index (χ2n) is 8.32. The molecule has 3 aromatic rings. The number of carbonyl (C=O) groups is 2. The van der Waals surface area contributed by atoms with Gasteiger partial charge >= 0.3 is 5.97 Å². The molecule has 1 heterocycles. The van der Waals surface area contributed by atoms with Gasteiger partial charge in [-0.25, -0.2) is 9.79 Å². The first-order chi connectivity index (χ1) is 18.0. The number of fused-ring (bicyclic) bond motifs is 1. The largest absolute Gasteiger partial charge is 0.495 e. The summed E-state index contributed by atoms with van der Waals surface area (Å²) in [5, 5.41) is 3.44. The van der Waals surface area contributed by atoms with Crippen molar-refractivity contribution in [2.24, 2.45) is 4.99 Å². The third-order valence-electron chi connectivity index (χ3n) is 5.89. The zero-order valence-corrected chi connectivity index (χ0v) is 22.0. The summed E-state index contributed by atoms with van der Waals surface area (Å²) < 4.78 is 21.7. The van der Waals surface area contributed by atoms with Crippen LogP contribution in [-0.2, 0) is 22.4 Å². The lowest BCUT2D eigenvalue weighted by Crippen LogP contribution is -2.20. The van der Waals surface area contributed by atoms with Gasteiger partial charge in [0, 0.05) is 11.1 Å². The van der Waals surface area contributed by atoms with Gasteiger partial charge in [-0.05, 0) is 74.1 Å². The Balaban J connectivity index is 1.47. The molecule has 0 unspecified atom stereocenters. The predicted octanol–water partition coefficient (Wildman–Crippen LogP) is 5.59. The maximum Gasteiger partial charge on any atom is 0.341 e. The zero-order chi connectivity index (χ0) is 26.2. The number of thiophene rings is 1. The van der Waals surface area contributed by atoms with E-state index >= 15 is 0 Å². The average Bonchev–Trinajstić information content (AvgIpc) is 3.30. The van der Waals surface area contributed by atoms with Crippen molar-refractivity contribution in [2.45, 2.75) is 32.6 Å². The SMILES string of the molecule is CCOC(=O)c1c(N=Cc2ccc(OCC(=O)Nc3ccccc3OC)c(OC)c2)sc2c1CCCC2. The first-order valence-corrected chi connectivity index (χ1v) is 12.9. The molecule has 0 saturated heterocycles. The van der Waals surface area contributed by atoms with Gasteiger partial charge in [-0.15, -0.1) is 11.3 Å². The predicted molar refractivity (Wildman–Crippen MR) is 144 cm³/mol. The lowest BCUT2D eigenvalue weighted by molar-refractivity contribution is -0.118. The Bertz CT molecular complexity index is 1300. The van der Waals surface area contributed by atoms with Crippen molar-refractivity contribution in [3.63, 3.8) is 0 Å². The molecule has 0 bridgehead atoms. The van der Waals surface area contributed by atoms with Crippen LogP contribution in [-0.4, -0.2) is 45.5 Å². The molecule has 0 radical (unpaired) electrons. The van der Waals surface area contributed by atoms with Gasteiger partial charge < -0.3 is 24.3 Å². The van der Waals surface area contributed by atoms with Crippen LogP contribution in [0.3, 0.4) is 0 Å². The fourth-order valence-corrected chi connectivity index (χ4v) is 5.37. The lowest BCUT2D eigenvalue weighted by Gasteiger charge is -2.13. The van der Waals surface area contributed by atoms with Crippen molar-refractivity contribution < 1.29 is 28.5 Å². The molecule has 1 aliphatic rings. The smallest absolute Gasteiger partial charge is 0.341 e. The maximum atomic E-state index is 12.7. The monoisotopic (exact) mass is 522 g/mol. The van der Waals surface area contributed by atoms with Crippen molar-refractivity contribution >= 4 is 40.1 Å². The first-order valence-electron chi connectivity index (χ1n) is 12.1. The van der Waals surface area contributed by atoms with Crippen LogP contribution in [0.25, 0.3) is 0 Å². The van der Waals surface area contributed by atoms with Gasteiger partial charge in [0.1, 0.15) is 10.8 Å². The molecule has 0 atom stereocenters. The minimum Gasteiger partial charge on any atom is -0.495 e. The summed E-state index contributed by atoms with van der Waals surface area (Å²) in [5.74, 6) is 0.806. The van der Waals surface area contributed by atoms with E-state index in [4.69, 9.17) is 18.9 Å². The number of anilines is 1. The van der Waals surface area contributed by atoms with E-state index in [1.54, 1.807) is 55.9 Å². The van der Waals surface area contributed by atoms with Crippen molar-refractivity contribution in [3.8, 4) is 17.2 Å². The van der Waals surface area contributed by atoms with Gasteiger partial charge in [0.25, 0.3) is 5.91 Å². The topological polar surface area (TPSA) is 95.5 Å². The summed E-state index contributed by atoms with van der Waals surface area (Å²) in [5.41, 5.74) is 3.00. The number of esters is 1. The molecule has 9 heteroatoms. The summed E-state index contributed by atoms with van der Waals surface area (Å²) in [4.78, 5) is 30.9. The number of ether oxygens (including phenoxy) is 4. The molecule has 1 aromatic heterocycles. The molecule has 0 fully saturated rings. The summed E-state index contributed by atoms with van der Waals surface area (Å²) >= 11 is 1.55. The van der Waals surface area contributed by atoms with Gasteiger partial charge in [-0.1, -0.05) is 12.1 Å². The third kappa shape index (κ3) is 6.29. The minimum absolute atomic E-state index is 0.203. The molecule has 2 aromatic carbocycles. The average molecular weight is 523 g/mol. The van der Waals surface area contributed by atoms with E-state index in [9.17, 15) is 9.59 Å². The summed E-state index contributed by atoms with van der Waals surface area (Å²) in [6, 6.07) is 12.5. The van der Waals surface area contributed by atoms with Gasteiger partial charge in [0.15, 0.2) is 18.1 Å². The molecule has 0 saturated carbocycles. The van der Waals surface area contributed by atoms with Crippen molar-refractivity contribution in [1.82, 2.24) is 0 Å². The molecule has 37 heavy (non-hydrogen) atoms. The fourth-order valence-electron chi connectivity index (χ4n) is 4.15. The molecule has 1 amide bonds. The van der Waals surface area contributed by atoms with Crippen LogP contribution >= 0.6 is 11.3 Å². The number of methoxy groups -OCH3 is 2. The Morgan fingerprint density at radius 2 is 1.81 bits per heavy atom. The van der Waals surface area contributed by atoms with Gasteiger partial charge in [0.05, 0.1) is 32.1 Å². The standard InChI is InChI=1S/C28H30N2O6S/c1-4-35-28(32)26-19-9-5-8-12-24(19)37-27(26)29-16-18-13-14-22(23(15-18)34-3)36-17-25(31)30-20-10-6-7-11-21(20)33-2/h6-7,10-11,13-16H,4-5,8-9,12,17H2,1-3H3,(H,30,31). The highest BCUT2D eigenvalue weighted by Crippen LogP contribution is 2.40. The molecule has 1 aliphatic carbocycles. The van der Waals surface area contributed by atoms with Gasteiger partial charge in [-0.2, -0.15) is 0 Å². The highest BCUT2D eigenvalue weighted by Gasteiger charge is 2.26. The number of aryl methyl sites for hydroxylation is 1. The normalized spacial score (nSPS) is 12.6. The van der Waals surface area contributed by atoms with Crippen LogP contribution in [0.4, 0.5) is 10.7 Å². The van der Waals surface area contributed by atoms with E-state index in [0.717, 1.165) is 36.8 Å². The van der Waals surface area contributed by atoms with Crippen LogP contribution in [0.5, 0.6) is 17.2 Å². The zero-order valence-electron chi connectivity index (χ0n) is 21.2. The minimum atomic E-state index is -0.328. The third-order valence-corrected chi connectivity index (χ3v) is 7.09. The van der Waals surface area contributed by atoms with Crippen LogP contribution < -0.4 is 19.5 Å². The number of para-hydroxylation sites is 2. The highest BCUT2D eigenvalue weighted by atomic mass is 32.1. The van der Waals surface area contributed by atoms with E-state index in [0.29, 0.717) is 40.1 Å². The van der Waals surface area contributed by atoms with Crippen molar-refractivity contribution in [1.29, 1.82) is 0 Å². The second kappa shape index (κ2) is 12.4. The Kier molecular flexibility index (Phi) is 8.79. The molecule has 194 valence electrons. The van der Waals surface area contributed by atoms with Crippen LogP contribution in [0.15, 0.2) is 47.5 Å². The van der Waals surface area contributed by atoms with Gasteiger partial charge in [0.2, 0.25) is 0 Å². The number of nitrogens with one attached hydrogen (secondary N) is 1. The second-order valence-corrected chi connectivity index (χ2v) is 9.40. The molecular weight excluding hydrogens is 492 g/mol. The molecule has 0 aliphatic heterocycles. The van der Waals surface area contributed by atoms with Crippen molar-refractivity contribution in [3.05, 3.63) is 64.0 Å². The Morgan fingerprint density at radius 3 is 2.59 bits per heavy atom. The summed E-state index contributed by atoms with van der Waals surface area (Å²) in [6.45, 7) is 1.92. The number of benzene rings is 2. The van der Waals surface area contributed by atoms with E-state index < -0.39 is 0 Å². The lowest BCUT2D eigenvalue weighted by atomic mass is 9.95. The Labute approximate surface area is 220 Å². The van der Waals surface area contributed by atoms with Crippen LogP contribution in [0.1, 0.15) is 46.1 Å². The van der Waals surface area contributed by atoms with Crippen LogP contribution in [0, 0.1) is 0 Å². The van der Waals surface area contributed by atoms with Crippen LogP contribution in [0.2, 0.25) is 0 Å². The molecule has 4 rings (SSSR count). The van der Waals surface area contributed by atoms with Gasteiger partial charge in [-0.3, -0.25) is 4.79 Å². The van der Waals surface area contributed by atoms with E-state index in [1.807, 2.05) is 18.2 Å². The summed E-state index contributed by atoms with van der Waals surface area (Å²) in [6.07, 6.45) is 5.72. The number of aliphatic imine (C=N–C) groups is 1. The quantitative estimate of drug-likeness (QED) is 0.276. The van der Waals surface area contributed by atoms with E-state index in [-0.39, 0.29) is 18.5 Å². The molecule has 1 N–H and O–H groups in total. The number of hydrogen-bond acceptors (Lipinski definition) is 8. The Hall–Kier alpha value is -3.85. The number of rotatable bonds is 10. The number of nitrogens with zero attached hydrogens (tertiary/aromatic N) is 1.